The summed E-state index contributed by atoms with van der Waals surface area (Å²) in [6.07, 6.45) is 4.34. The normalized spacial score (nSPS) is 10.8. The number of amides is 1. The number of carbonyl (C=O) groups is 1. The summed E-state index contributed by atoms with van der Waals surface area (Å²) in [5.74, 6) is 0.497. The van der Waals surface area contributed by atoms with Gasteiger partial charge in [-0.15, -0.1) is 0 Å². The maximum atomic E-state index is 11.4. The van der Waals surface area contributed by atoms with E-state index in [1.54, 1.807) is 25.3 Å². The molecule has 96 valence electrons. The summed E-state index contributed by atoms with van der Waals surface area (Å²) in [4.78, 5) is 25.2. The van der Waals surface area contributed by atoms with Crippen molar-refractivity contribution in [2.24, 2.45) is 0 Å². The summed E-state index contributed by atoms with van der Waals surface area (Å²) in [5.41, 5.74) is 7.01. The summed E-state index contributed by atoms with van der Waals surface area (Å²) in [7, 11) is 3.51. The highest BCUT2D eigenvalue weighted by molar-refractivity contribution is 5.81. The molecule has 7 nitrogen and oxygen atoms in total. The van der Waals surface area contributed by atoms with Crippen LogP contribution < -0.4 is 5.73 Å². The van der Waals surface area contributed by atoms with Gasteiger partial charge in [0.2, 0.25) is 5.91 Å². The molecule has 7 heteroatoms. The number of rotatable bonds is 4. The van der Waals surface area contributed by atoms with E-state index < -0.39 is 0 Å². The number of aryl methyl sites for hydroxylation is 1. The molecule has 2 heterocycles. The molecule has 18 heavy (non-hydrogen) atoms. The second kappa shape index (κ2) is 4.99. The zero-order valence-corrected chi connectivity index (χ0v) is 10.5. The highest BCUT2D eigenvalue weighted by Crippen LogP contribution is 2.14. The number of carbonyl (C=O) groups excluding carboxylic acids is 1. The highest BCUT2D eigenvalue weighted by Gasteiger charge is 2.08. The van der Waals surface area contributed by atoms with Crippen molar-refractivity contribution in [3.8, 4) is 0 Å². The third-order valence-corrected chi connectivity index (χ3v) is 2.72. The average molecular weight is 248 g/mol. The smallest absolute Gasteiger partial charge is 0.222 e. The van der Waals surface area contributed by atoms with Crippen molar-refractivity contribution in [3.05, 3.63) is 12.7 Å². The summed E-state index contributed by atoms with van der Waals surface area (Å²) < 4.78 is 1.89. The second-order valence-corrected chi connectivity index (χ2v) is 4.26. The van der Waals surface area contributed by atoms with E-state index in [0.29, 0.717) is 29.9 Å². The topological polar surface area (TPSA) is 89.9 Å². The molecular formula is C11H16N6O. The summed E-state index contributed by atoms with van der Waals surface area (Å²) in [6.45, 7) is 0.687. The van der Waals surface area contributed by atoms with E-state index >= 15 is 0 Å². The van der Waals surface area contributed by atoms with Crippen LogP contribution in [0.25, 0.3) is 11.2 Å². The Bertz CT molecular complexity index is 562. The number of hydrogen-bond donors (Lipinski definition) is 1. The standard InChI is InChI=1S/C11H16N6O/c1-16(2)8(18)4-3-5-17-7-15-9-10(12)13-6-14-11(9)17/h6-7H,3-5H2,1-2H3,(H2,12,13,14). The van der Waals surface area contributed by atoms with Crippen LogP contribution in [0.15, 0.2) is 12.7 Å². The van der Waals surface area contributed by atoms with Crippen molar-refractivity contribution < 1.29 is 4.79 Å². The number of nitrogens with two attached hydrogens (primary N) is 1. The van der Waals surface area contributed by atoms with Gasteiger partial charge >= 0.3 is 0 Å². The van der Waals surface area contributed by atoms with Gasteiger partial charge in [0.15, 0.2) is 11.5 Å². The first-order valence-corrected chi connectivity index (χ1v) is 5.71. The Balaban J connectivity index is 2.05. The van der Waals surface area contributed by atoms with Gasteiger partial charge in [0.25, 0.3) is 0 Å². The minimum Gasteiger partial charge on any atom is -0.382 e. The molecule has 0 aliphatic rings. The van der Waals surface area contributed by atoms with Crippen LogP contribution in [0.1, 0.15) is 12.8 Å². The first-order chi connectivity index (χ1) is 8.59. The van der Waals surface area contributed by atoms with E-state index in [1.165, 1.54) is 6.33 Å². The van der Waals surface area contributed by atoms with Crippen LogP contribution in [0.5, 0.6) is 0 Å². The van der Waals surface area contributed by atoms with Crippen LogP contribution in [0.2, 0.25) is 0 Å². The fraction of sp³-hybridized carbons (Fsp3) is 0.455. The fourth-order valence-corrected chi connectivity index (χ4v) is 1.69. The first kappa shape index (κ1) is 12.3. The molecule has 0 aromatic carbocycles. The third kappa shape index (κ3) is 2.39. The molecule has 2 rings (SSSR count). The molecule has 0 unspecified atom stereocenters. The quantitative estimate of drug-likeness (QED) is 0.839. The van der Waals surface area contributed by atoms with Gasteiger partial charge < -0.3 is 15.2 Å². The maximum absolute atomic E-state index is 11.4. The Labute approximate surface area is 105 Å². The van der Waals surface area contributed by atoms with Crippen molar-refractivity contribution in [1.29, 1.82) is 0 Å². The van der Waals surface area contributed by atoms with Crippen LogP contribution in [0.4, 0.5) is 5.82 Å². The van der Waals surface area contributed by atoms with Crippen molar-refractivity contribution >= 4 is 22.9 Å². The molecule has 0 radical (unpaired) electrons. The van der Waals surface area contributed by atoms with Crippen LogP contribution in [0.3, 0.4) is 0 Å². The zero-order valence-electron chi connectivity index (χ0n) is 10.5. The number of hydrogen-bond acceptors (Lipinski definition) is 5. The fourth-order valence-electron chi connectivity index (χ4n) is 1.69. The van der Waals surface area contributed by atoms with Gasteiger partial charge in [-0.05, 0) is 6.42 Å². The van der Waals surface area contributed by atoms with Crippen LogP contribution in [0, 0.1) is 0 Å². The number of nitrogens with zero attached hydrogens (tertiary/aromatic N) is 5. The molecule has 0 fully saturated rings. The summed E-state index contributed by atoms with van der Waals surface area (Å²) in [6, 6.07) is 0. The van der Waals surface area contributed by atoms with Crippen LogP contribution in [-0.2, 0) is 11.3 Å². The molecule has 0 bridgehead atoms. The Morgan fingerprint density at radius 2 is 2.17 bits per heavy atom. The van der Waals surface area contributed by atoms with Gasteiger partial charge in [0.1, 0.15) is 11.8 Å². The van der Waals surface area contributed by atoms with Crippen LogP contribution in [-0.4, -0.2) is 44.4 Å². The van der Waals surface area contributed by atoms with E-state index in [4.69, 9.17) is 5.73 Å². The van der Waals surface area contributed by atoms with Gasteiger partial charge in [-0.25, -0.2) is 15.0 Å². The third-order valence-electron chi connectivity index (χ3n) is 2.72. The molecule has 0 saturated heterocycles. The molecule has 0 aliphatic carbocycles. The Morgan fingerprint density at radius 3 is 2.89 bits per heavy atom. The Kier molecular flexibility index (Phi) is 3.40. The van der Waals surface area contributed by atoms with Crippen molar-refractivity contribution in [1.82, 2.24) is 24.4 Å². The zero-order chi connectivity index (χ0) is 13.1. The lowest BCUT2D eigenvalue weighted by Crippen LogP contribution is -2.21. The summed E-state index contributed by atoms with van der Waals surface area (Å²) >= 11 is 0. The molecule has 2 aromatic heterocycles. The van der Waals surface area contributed by atoms with E-state index in [-0.39, 0.29) is 5.91 Å². The average Bonchev–Trinajstić information content (AvgIpc) is 2.74. The SMILES string of the molecule is CN(C)C(=O)CCCn1cnc2c(N)ncnc21. The number of nitrogen functional groups attached to an aromatic ring is 1. The molecule has 0 saturated carbocycles. The molecule has 2 aromatic rings. The lowest BCUT2D eigenvalue weighted by atomic mass is 10.3. The van der Waals surface area contributed by atoms with Gasteiger partial charge in [-0.1, -0.05) is 0 Å². The van der Waals surface area contributed by atoms with E-state index in [9.17, 15) is 4.79 Å². The number of fused-ring (bicyclic) bond motifs is 1. The van der Waals surface area contributed by atoms with Crippen molar-refractivity contribution in [2.45, 2.75) is 19.4 Å². The van der Waals surface area contributed by atoms with Gasteiger partial charge in [-0.2, -0.15) is 0 Å². The van der Waals surface area contributed by atoms with E-state index in [2.05, 4.69) is 15.0 Å². The van der Waals surface area contributed by atoms with Crippen molar-refractivity contribution in [3.63, 3.8) is 0 Å². The minimum absolute atomic E-state index is 0.119. The van der Waals surface area contributed by atoms with Crippen LogP contribution >= 0.6 is 0 Å². The molecule has 0 atom stereocenters. The molecule has 1 amide bonds. The van der Waals surface area contributed by atoms with Crippen molar-refractivity contribution in [2.75, 3.05) is 19.8 Å². The predicted molar refractivity (Wildman–Crippen MR) is 67.7 cm³/mol. The minimum atomic E-state index is 0.119. The number of anilines is 1. The molecule has 2 N–H and O–H groups in total. The lowest BCUT2D eigenvalue weighted by molar-refractivity contribution is -0.128. The van der Waals surface area contributed by atoms with Gasteiger partial charge in [0.05, 0.1) is 6.33 Å². The number of imidazole rings is 1. The largest absolute Gasteiger partial charge is 0.382 e. The number of aromatic nitrogens is 4. The van der Waals surface area contributed by atoms with E-state index in [0.717, 1.165) is 6.42 Å². The molecule has 0 aliphatic heterocycles. The molecule has 0 spiro atoms. The predicted octanol–water partition coefficient (Wildman–Crippen LogP) is 0.277. The Hall–Kier alpha value is -2.18. The maximum Gasteiger partial charge on any atom is 0.222 e. The first-order valence-electron chi connectivity index (χ1n) is 5.71. The Morgan fingerprint density at radius 1 is 1.39 bits per heavy atom. The highest BCUT2D eigenvalue weighted by atomic mass is 16.2. The monoisotopic (exact) mass is 248 g/mol. The van der Waals surface area contributed by atoms with E-state index in [1.807, 2.05) is 4.57 Å². The second-order valence-electron chi connectivity index (χ2n) is 4.26. The van der Waals surface area contributed by atoms with Gasteiger partial charge in [0, 0.05) is 27.1 Å². The molecular weight excluding hydrogens is 232 g/mol. The lowest BCUT2D eigenvalue weighted by Gasteiger charge is -2.09. The summed E-state index contributed by atoms with van der Waals surface area (Å²) in [5, 5.41) is 0. The van der Waals surface area contributed by atoms with Gasteiger partial charge in [-0.3, -0.25) is 4.79 Å².